The highest BCUT2D eigenvalue weighted by Gasteiger charge is 2.39. The Morgan fingerprint density at radius 3 is 2.60 bits per heavy atom. The Hall–Kier alpha value is -3.67. The zero-order chi connectivity index (χ0) is 25.0. The van der Waals surface area contributed by atoms with E-state index in [0.717, 1.165) is 52.4 Å². The summed E-state index contributed by atoms with van der Waals surface area (Å²) in [6.45, 7) is 8.50. The van der Waals surface area contributed by atoms with Gasteiger partial charge in [0, 0.05) is 48.2 Å². The Labute approximate surface area is 206 Å². The fraction of sp³-hybridized carbons (Fsp3) is 0.345. The van der Waals surface area contributed by atoms with E-state index in [9.17, 15) is 4.79 Å². The van der Waals surface area contributed by atoms with Crippen LogP contribution in [0.4, 0.5) is 5.69 Å². The lowest BCUT2D eigenvalue weighted by atomic mass is 9.81. The van der Waals surface area contributed by atoms with Gasteiger partial charge in [-0.2, -0.15) is 0 Å². The summed E-state index contributed by atoms with van der Waals surface area (Å²) in [6, 6.07) is 13.7. The number of aromatic nitrogens is 1. The number of hydrogen-bond acceptors (Lipinski definition) is 5. The minimum atomic E-state index is -0.318. The maximum atomic E-state index is 13.1. The summed E-state index contributed by atoms with van der Waals surface area (Å²) in [5, 5.41) is 0. The van der Waals surface area contributed by atoms with Crippen molar-refractivity contribution >= 4 is 17.3 Å². The highest BCUT2D eigenvalue weighted by molar-refractivity contribution is 6.17. The van der Waals surface area contributed by atoms with Crippen LogP contribution >= 0.6 is 0 Å². The van der Waals surface area contributed by atoms with Crippen LogP contribution in [-0.2, 0) is 12.8 Å². The summed E-state index contributed by atoms with van der Waals surface area (Å²) in [4.78, 5) is 24.0. The number of carbonyl (C=O) groups excluding carboxylic acids is 1. The number of amides is 1. The molecule has 6 heteroatoms. The average molecular weight is 470 g/mol. The quantitative estimate of drug-likeness (QED) is 0.523. The van der Waals surface area contributed by atoms with Gasteiger partial charge in [-0.25, -0.2) is 0 Å². The number of hydrogen-bond donors (Lipinski definition) is 0. The lowest BCUT2D eigenvalue weighted by molar-refractivity contribution is 0.0992. The zero-order valence-corrected chi connectivity index (χ0v) is 21.2. The SMILES string of the molecule is COc1cc2c(c3c1OC(C)(C)C3)C(c1cccc(N(C)C(=O)c3cccnc3)c1)=NC(C)(C)C2. The van der Waals surface area contributed by atoms with Gasteiger partial charge in [0.25, 0.3) is 5.91 Å². The van der Waals surface area contributed by atoms with Crippen molar-refractivity contribution in [1.82, 2.24) is 4.98 Å². The van der Waals surface area contributed by atoms with Crippen LogP contribution in [0.5, 0.6) is 11.5 Å². The second-order valence-electron chi connectivity index (χ2n) is 10.6. The van der Waals surface area contributed by atoms with Gasteiger partial charge < -0.3 is 14.4 Å². The molecule has 0 N–H and O–H groups in total. The number of nitrogens with zero attached hydrogens (tertiary/aromatic N) is 3. The monoisotopic (exact) mass is 469 g/mol. The number of methoxy groups -OCH3 is 1. The smallest absolute Gasteiger partial charge is 0.259 e. The first kappa shape index (κ1) is 23.1. The number of ether oxygens (including phenoxy) is 2. The summed E-state index contributed by atoms with van der Waals surface area (Å²) < 4.78 is 12.1. The van der Waals surface area contributed by atoms with Gasteiger partial charge >= 0.3 is 0 Å². The zero-order valence-electron chi connectivity index (χ0n) is 21.2. The maximum Gasteiger partial charge on any atom is 0.259 e. The molecule has 0 atom stereocenters. The molecular formula is C29H31N3O3. The van der Waals surface area contributed by atoms with Gasteiger partial charge in [-0.15, -0.1) is 0 Å². The Balaban J connectivity index is 1.62. The van der Waals surface area contributed by atoms with Crippen molar-refractivity contribution < 1.29 is 14.3 Å². The number of benzene rings is 2. The second kappa shape index (κ2) is 8.22. The van der Waals surface area contributed by atoms with E-state index in [1.165, 1.54) is 5.56 Å². The van der Waals surface area contributed by atoms with Crippen molar-refractivity contribution in [3.05, 3.63) is 82.7 Å². The summed E-state index contributed by atoms with van der Waals surface area (Å²) in [7, 11) is 3.48. The van der Waals surface area contributed by atoms with E-state index in [-0.39, 0.29) is 17.0 Å². The van der Waals surface area contributed by atoms with E-state index in [4.69, 9.17) is 14.5 Å². The standard InChI is InChI=1S/C29H31N3O3/c1-28(2)15-20-14-23(34-6)26-22(16-29(3,4)35-26)24(20)25(31-28)18-9-7-11-21(13-18)32(5)27(33)19-10-8-12-30-17-19/h7-14,17H,15-16H2,1-6H3. The predicted octanol–water partition coefficient (Wildman–Crippen LogP) is 5.25. The van der Waals surface area contributed by atoms with Crippen molar-refractivity contribution in [1.29, 1.82) is 0 Å². The Bertz CT molecular complexity index is 1340. The van der Waals surface area contributed by atoms with E-state index in [1.807, 2.05) is 18.2 Å². The molecule has 0 fully saturated rings. The molecule has 35 heavy (non-hydrogen) atoms. The molecule has 2 aromatic carbocycles. The van der Waals surface area contributed by atoms with Crippen molar-refractivity contribution in [3.8, 4) is 11.5 Å². The van der Waals surface area contributed by atoms with E-state index < -0.39 is 0 Å². The third-order valence-electron chi connectivity index (χ3n) is 6.62. The fourth-order valence-electron chi connectivity index (χ4n) is 5.09. The fourth-order valence-corrected chi connectivity index (χ4v) is 5.09. The second-order valence-corrected chi connectivity index (χ2v) is 10.6. The first-order chi connectivity index (χ1) is 16.6. The highest BCUT2D eigenvalue weighted by atomic mass is 16.5. The summed E-state index contributed by atoms with van der Waals surface area (Å²) in [6.07, 6.45) is 4.84. The van der Waals surface area contributed by atoms with E-state index in [2.05, 4.69) is 44.8 Å². The molecule has 2 aliphatic heterocycles. The number of rotatable bonds is 4. The van der Waals surface area contributed by atoms with E-state index in [0.29, 0.717) is 5.56 Å². The van der Waals surface area contributed by atoms with Gasteiger partial charge in [0.05, 0.1) is 23.9 Å². The molecule has 0 radical (unpaired) electrons. The van der Waals surface area contributed by atoms with E-state index >= 15 is 0 Å². The molecule has 1 aromatic heterocycles. The lowest BCUT2D eigenvalue weighted by Crippen LogP contribution is -2.31. The minimum absolute atomic E-state index is 0.109. The summed E-state index contributed by atoms with van der Waals surface area (Å²) in [5.41, 5.74) is 6.14. The number of carbonyl (C=O) groups is 1. The van der Waals surface area contributed by atoms with Crippen LogP contribution in [-0.4, -0.2) is 41.9 Å². The molecule has 0 unspecified atom stereocenters. The van der Waals surface area contributed by atoms with Crippen molar-refractivity contribution in [2.24, 2.45) is 4.99 Å². The van der Waals surface area contributed by atoms with Crippen LogP contribution in [0.15, 0.2) is 59.9 Å². The Morgan fingerprint density at radius 1 is 1.09 bits per heavy atom. The van der Waals surface area contributed by atoms with Crippen LogP contribution in [0.1, 0.15) is 60.3 Å². The molecular weight excluding hydrogens is 438 g/mol. The molecule has 2 aliphatic rings. The van der Waals surface area contributed by atoms with Gasteiger partial charge in [-0.3, -0.25) is 14.8 Å². The third-order valence-corrected chi connectivity index (χ3v) is 6.62. The third kappa shape index (κ3) is 4.18. The normalized spacial score (nSPS) is 17.0. The lowest BCUT2D eigenvalue weighted by Gasteiger charge is -2.31. The highest BCUT2D eigenvalue weighted by Crippen LogP contribution is 2.48. The average Bonchev–Trinajstić information content (AvgIpc) is 3.16. The first-order valence-electron chi connectivity index (χ1n) is 11.9. The number of anilines is 1. The minimum Gasteiger partial charge on any atom is -0.493 e. The van der Waals surface area contributed by atoms with Crippen molar-refractivity contribution in [2.45, 2.75) is 51.7 Å². The van der Waals surface area contributed by atoms with Crippen LogP contribution in [0.2, 0.25) is 0 Å². The molecule has 3 heterocycles. The predicted molar refractivity (Wildman–Crippen MR) is 138 cm³/mol. The molecule has 3 aromatic rings. The number of fused-ring (bicyclic) bond motifs is 3. The largest absolute Gasteiger partial charge is 0.493 e. The molecule has 1 amide bonds. The van der Waals surface area contributed by atoms with Crippen LogP contribution < -0.4 is 14.4 Å². The molecule has 0 saturated carbocycles. The summed E-state index contributed by atoms with van der Waals surface area (Å²) >= 11 is 0. The van der Waals surface area contributed by atoms with Crippen molar-refractivity contribution in [2.75, 3.05) is 19.1 Å². The molecule has 0 spiro atoms. The molecule has 180 valence electrons. The molecule has 0 aliphatic carbocycles. The van der Waals surface area contributed by atoms with Gasteiger partial charge in [-0.1, -0.05) is 12.1 Å². The molecule has 0 saturated heterocycles. The van der Waals surface area contributed by atoms with Crippen LogP contribution in [0.3, 0.4) is 0 Å². The summed E-state index contributed by atoms with van der Waals surface area (Å²) in [5.74, 6) is 1.47. The first-order valence-corrected chi connectivity index (χ1v) is 11.9. The van der Waals surface area contributed by atoms with E-state index in [1.54, 1.807) is 43.6 Å². The molecule has 6 nitrogen and oxygen atoms in total. The van der Waals surface area contributed by atoms with Crippen molar-refractivity contribution in [3.63, 3.8) is 0 Å². The Kier molecular flexibility index (Phi) is 5.42. The van der Waals surface area contributed by atoms with Crippen LogP contribution in [0, 0.1) is 0 Å². The Morgan fingerprint density at radius 2 is 1.89 bits per heavy atom. The maximum absolute atomic E-state index is 13.1. The van der Waals surface area contributed by atoms with Crippen LogP contribution in [0.25, 0.3) is 0 Å². The number of pyridine rings is 1. The van der Waals surface area contributed by atoms with Gasteiger partial charge in [0.2, 0.25) is 0 Å². The van der Waals surface area contributed by atoms with Gasteiger partial charge in [0.15, 0.2) is 11.5 Å². The van der Waals surface area contributed by atoms with Gasteiger partial charge in [0.1, 0.15) is 5.60 Å². The molecule has 0 bridgehead atoms. The molecule has 5 rings (SSSR count). The topological polar surface area (TPSA) is 64.0 Å². The number of aliphatic imine (C=N–C) groups is 1. The van der Waals surface area contributed by atoms with Gasteiger partial charge in [-0.05, 0) is 70.0 Å².